The van der Waals surface area contributed by atoms with E-state index in [-0.39, 0.29) is 11.8 Å². The molecular formula is C17H23NO3. The van der Waals surface area contributed by atoms with Crippen LogP contribution < -0.4 is 0 Å². The lowest BCUT2D eigenvalue weighted by Crippen LogP contribution is -2.40. The first kappa shape index (κ1) is 15.5. The van der Waals surface area contributed by atoms with Crippen LogP contribution in [0.2, 0.25) is 0 Å². The van der Waals surface area contributed by atoms with Crippen LogP contribution in [0, 0.1) is 18.8 Å². The number of hydrogen-bond acceptors (Lipinski definition) is 2. The molecule has 2 rings (SSSR count). The van der Waals surface area contributed by atoms with Gasteiger partial charge in [-0.3, -0.25) is 9.59 Å². The third-order valence-electron chi connectivity index (χ3n) is 4.28. The second-order valence-corrected chi connectivity index (χ2v) is 6.02. The number of benzene rings is 1. The van der Waals surface area contributed by atoms with E-state index >= 15 is 0 Å². The average molecular weight is 289 g/mol. The number of carbonyl (C=O) groups excluding carboxylic acids is 1. The van der Waals surface area contributed by atoms with Crippen LogP contribution in [-0.4, -0.2) is 28.9 Å². The Bertz CT molecular complexity index is 527. The van der Waals surface area contributed by atoms with Gasteiger partial charge in [-0.1, -0.05) is 42.7 Å². The summed E-state index contributed by atoms with van der Waals surface area (Å²) in [5.41, 5.74) is 2.24. The third kappa shape index (κ3) is 3.84. The molecule has 1 fully saturated rings. The van der Waals surface area contributed by atoms with Gasteiger partial charge >= 0.3 is 5.97 Å². The molecule has 1 aliphatic rings. The zero-order valence-corrected chi connectivity index (χ0v) is 12.7. The van der Waals surface area contributed by atoms with Crippen molar-refractivity contribution in [1.29, 1.82) is 0 Å². The zero-order valence-electron chi connectivity index (χ0n) is 12.7. The normalized spacial score (nSPS) is 21.8. The Balaban J connectivity index is 2.05. The van der Waals surface area contributed by atoms with Crippen molar-refractivity contribution in [2.75, 3.05) is 7.05 Å². The van der Waals surface area contributed by atoms with Crippen LogP contribution in [0.15, 0.2) is 24.3 Å². The SMILES string of the molecule is Cc1cccc(CN(C)C(=O)C2CCCCC2C(=O)O)c1. The molecule has 0 radical (unpaired) electrons. The van der Waals surface area contributed by atoms with Crippen molar-refractivity contribution in [1.82, 2.24) is 4.90 Å². The topological polar surface area (TPSA) is 57.6 Å². The Kier molecular flexibility index (Phi) is 4.99. The molecule has 0 bridgehead atoms. The Morgan fingerprint density at radius 1 is 1.24 bits per heavy atom. The maximum atomic E-state index is 12.6. The van der Waals surface area contributed by atoms with Crippen molar-refractivity contribution in [2.45, 2.75) is 39.2 Å². The maximum Gasteiger partial charge on any atom is 0.307 e. The van der Waals surface area contributed by atoms with Crippen LogP contribution in [0.1, 0.15) is 36.8 Å². The van der Waals surface area contributed by atoms with Crippen LogP contribution in [-0.2, 0) is 16.1 Å². The van der Waals surface area contributed by atoms with Gasteiger partial charge in [-0.25, -0.2) is 0 Å². The van der Waals surface area contributed by atoms with Crippen molar-refractivity contribution in [3.8, 4) is 0 Å². The third-order valence-corrected chi connectivity index (χ3v) is 4.28. The van der Waals surface area contributed by atoms with Crippen molar-refractivity contribution < 1.29 is 14.7 Å². The first-order valence-corrected chi connectivity index (χ1v) is 7.52. The fourth-order valence-electron chi connectivity index (χ4n) is 3.17. The molecule has 1 aliphatic carbocycles. The van der Waals surface area contributed by atoms with E-state index in [2.05, 4.69) is 6.07 Å². The molecule has 1 amide bonds. The van der Waals surface area contributed by atoms with Gasteiger partial charge in [-0.2, -0.15) is 0 Å². The van der Waals surface area contributed by atoms with E-state index in [9.17, 15) is 14.7 Å². The Morgan fingerprint density at radius 2 is 1.90 bits per heavy atom. The quantitative estimate of drug-likeness (QED) is 0.927. The van der Waals surface area contributed by atoms with Gasteiger partial charge in [0.1, 0.15) is 0 Å². The number of carboxylic acid groups (broad SMARTS) is 1. The smallest absolute Gasteiger partial charge is 0.307 e. The van der Waals surface area contributed by atoms with Crippen LogP contribution in [0.5, 0.6) is 0 Å². The van der Waals surface area contributed by atoms with E-state index in [4.69, 9.17) is 0 Å². The molecule has 4 nitrogen and oxygen atoms in total. The fourth-order valence-corrected chi connectivity index (χ4v) is 3.17. The number of amides is 1. The van der Waals surface area contributed by atoms with E-state index in [1.807, 2.05) is 25.1 Å². The molecule has 0 heterocycles. The van der Waals surface area contributed by atoms with Crippen LogP contribution in [0.3, 0.4) is 0 Å². The van der Waals surface area contributed by atoms with Crippen LogP contribution >= 0.6 is 0 Å². The number of aryl methyl sites for hydroxylation is 1. The van der Waals surface area contributed by atoms with Gasteiger partial charge < -0.3 is 10.0 Å². The summed E-state index contributed by atoms with van der Waals surface area (Å²) in [5.74, 6) is -1.77. The highest BCUT2D eigenvalue weighted by Crippen LogP contribution is 2.31. The van der Waals surface area contributed by atoms with E-state index in [1.54, 1.807) is 11.9 Å². The molecule has 0 spiro atoms. The van der Waals surface area contributed by atoms with Crippen molar-refractivity contribution >= 4 is 11.9 Å². The Hall–Kier alpha value is -1.84. The summed E-state index contributed by atoms with van der Waals surface area (Å²) in [7, 11) is 1.76. The fraction of sp³-hybridized carbons (Fsp3) is 0.529. The number of carbonyl (C=O) groups is 2. The van der Waals surface area contributed by atoms with Gasteiger partial charge in [0, 0.05) is 13.6 Å². The largest absolute Gasteiger partial charge is 0.481 e. The number of aliphatic carboxylic acids is 1. The molecule has 1 aromatic carbocycles. The van der Waals surface area contributed by atoms with Crippen LogP contribution in [0.25, 0.3) is 0 Å². The molecule has 0 aliphatic heterocycles. The van der Waals surface area contributed by atoms with Crippen molar-refractivity contribution in [3.63, 3.8) is 0 Å². The molecule has 1 N–H and O–H groups in total. The predicted octanol–water partition coefficient (Wildman–Crippen LogP) is 2.84. The minimum absolute atomic E-state index is 0.0383. The molecule has 2 unspecified atom stereocenters. The predicted molar refractivity (Wildman–Crippen MR) is 80.7 cm³/mol. The molecule has 4 heteroatoms. The summed E-state index contributed by atoms with van der Waals surface area (Å²) in [6.45, 7) is 2.55. The summed E-state index contributed by atoms with van der Waals surface area (Å²) >= 11 is 0. The summed E-state index contributed by atoms with van der Waals surface area (Å²) in [5, 5.41) is 9.29. The lowest BCUT2D eigenvalue weighted by Gasteiger charge is -2.31. The summed E-state index contributed by atoms with van der Waals surface area (Å²) in [4.78, 5) is 25.6. The van der Waals surface area contributed by atoms with Gasteiger partial charge in [0.15, 0.2) is 0 Å². The standard InChI is InChI=1S/C17H23NO3/c1-12-6-5-7-13(10-12)11-18(2)16(19)14-8-3-4-9-15(14)17(20)21/h5-7,10,14-15H,3-4,8-9,11H2,1-2H3,(H,20,21). The Morgan fingerprint density at radius 3 is 2.52 bits per heavy atom. The summed E-state index contributed by atoms with van der Waals surface area (Å²) in [6, 6.07) is 8.04. The summed E-state index contributed by atoms with van der Waals surface area (Å²) in [6.07, 6.45) is 3.15. The Labute approximate surface area is 125 Å². The van der Waals surface area contributed by atoms with Gasteiger partial charge in [0.05, 0.1) is 11.8 Å². The molecule has 21 heavy (non-hydrogen) atoms. The van der Waals surface area contributed by atoms with Gasteiger partial charge in [0.2, 0.25) is 5.91 Å². The second kappa shape index (κ2) is 6.74. The molecule has 2 atom stereocenters. The maximum absolute atomic E-state index is 12.6. The molecule has 0 aromatic heterocycles. The second-order valence-electron chi connectivity index (χ2n) is 6.02. The van der Waals surface area contributed by atoms with E-state index in [0.29, 0.717) is 19.4 Å². The highest BCUT2D eigenvalue weighted by molar-refractivity contribution is 5.84. The van der Waals surface area contributed by atoms with E-state index in [0.717, 1.165) is 24.0 Å². The number of rotatable bonds is 4. The lowest BCUT2D eigenvalue weighted by atomic mass is 9.78. The molecule has 1 saturated carbocycles. The zero-order chi connectivity index (χ0) is 15.4. The van der Waals surface area contributed by atoms with E-state index in [1.165, 1.54) is 0 Å². The van der Waals surface area contributed by atoms with Crippen LogP contribution in [0.4, 0.5) is 0 Å². The lowest BCUT2D eigenvalue weighted by molar-refractivity contribution is -0.152. The van der Waals surface area contributed by atoms with Gasteiger partial charge in [-0.15, -0.1) is 0 Å². The minimum atomic E-state index is -0.836. The molecule has 114 valence electrons. The number of hydrogen-bond donors (Lipinski definition) is 1. The van der Waals surface area contributed by atoms with Gasteiger partial charge in [-0.05, 0) is 25.3 Å². The molecular weight excluding hydrogens is 266 g/mol. The van der Waals surface area contributed by atoms with Crippen molar-refractivity contribution in [3.05, 3.63) is 35.4 Å². The van der Waals surface area contributed by atoms with Crippen molar-refractivity contribution in [2.24, 2.45) is 11.8 Å². The van der Waals surface area contributed by atoms with Gasteiger partial charge in [0.25, 0.3) is 0 Å². The first-order valence-electron chi connectivity index (χ1n) is 7.52. The molecule has 1 aromatic rings. The number of nitrogens with zero attached hydrogens (tertiary/aromatic N) is 1. The first-order chi connectivity index (χ1) is 9.99. The summed E-state index contributed by atoms with van der Waals surface area (Å²) < 4.78 is 0. The average Bonchev–Trinajstić information content (AvgIpc) is 2.46. The van der Waals surface area contributed by atoms with E-state index < -0.39 is 11.9 Å². The highest BCUT2D eigenvalue weighted by Gasteiger charge is 2.36. The number of carboxylic acids is 1. The molecule has 0 saturated heterocycles. The monoisotopic (exact) mass is 289 g/mol. The highest BCUT2D eigenvalue weighted by atomic mass is 16.4. The minimum Gasteiger partial charge on any atom is -0.481 e.